The maximum absolute atomic E-state index is 13.9. The number of nitrogens with one attached hydrogen (secondary N) is 1. The normalized spacial score (nSPS) is 11.9. The highest BCUT2D eigenvalue weighted by atomic mass is 79.9. The number of carbonyl (C=O) groups is 2. The fourth-order valence-electron chi connectivity index (χ4n) is 3.91. The summed E-state index contributed by atoms with van der Waals surface area (Å²) in [5.41, 5.74) is 1.07. The van der Waals surface area contributed by atoms with Crippen molar-refractivity contribution in [1.29, 1.82) is 0 Å². The zero-order valence-corrected chi connectivity index (χ0v) is 23.3. The lowest BCUT2D eigenvalue weighted by molar-refractivity contribution is -0.140. The van der Waals surface area contributed by atoms with Gasteiger partial charge in [0.25, 0.3) is 10.0 Å². The van der Waals surface area contributed by atoms with E-state index in [1.807, 2.05) is 6.07 Å². The fraction of sp³-hybridized carbons (Fsp3) is 0.259. The quantitative estimate of drug-likeness (QED) is 0.362. The van der Waals surface area contributed by atoms with Crippen molar-refractivity contribution in [2.75, 3.05) is 25.0 Å². The van der Waals surface area contributed by atoms with Gasteiger partial charge in [0.15, 0.2) is 0 Å². The van der Waals surface area contributed by atoms with Gasteiger partial charge in [-0.3, -0.25) is 13.9 Å². The summed E-state index contributed by atoms with van der Waals surface area (Å²) in [6, 6.07) is 21.0. The second kappa shape index (κ2) is 12.7. The van der Waals surface area contributed by atoms with E-state index in [0.29, 0.717) is 17.9 Å². The smallest absolute Gasteiger partial charge is 0.264 e. The van der Waals surface area contributed by atoms with E-state index in [9.17, 15) is 18.0 Å². The summed E-state index contributed by atoms with van der Waals surface area (Å²) in [7, 11) is -1.03. The number of carbonyl (C=O) groups excluding carboxylic acids is 2. The average Bonchev–Trinajstić information content (AvgIpc) is 2.92. The van der Waals surface area contributed by atoms with E-state index in [0.717, 1.165) is 14.3 Å². The van der Waals surface area contributed by atoms with Crippen LogP contribution in [0.5, 0.6) is 5.75 Å². The zero-order chi connectivity index (χ0) is 27.0. The molecule has 37 heavy (non-hydrogen) atoms. The summed E-state index contributed by atoms with van der Waals surface area (Å²) >= 11 is 3.37. The van der Waals surface area contributed by atoms with Gasteiger partial charge in [-0.1, -0.05) is 53.2 Å². The van der Waals surface area contributed by atoms with Crippen molar-refractivity contribution in [1.82, 2.24) is 10.2 Å². The third kappa shape index (κ3) is 6.90. The molecule has 0 fully saturated rings. The first-order valence-electron chi connectivity index (χ1n) is 11.7. The number of likely N-dealkylation sites (N-methyl/N-ethyl adjacent to an activating group) is 1. The topological polar surface area (TPSA) is 96.0 Å². The number of rotatable bonds is 11. The van der Waals surface area contributed by atoms with Crippen molar-refractivity contribution in [2.45, 2.75) is 30.8 Å². The number of sulfonamides is 1. The van der Waals surface area contributed by atoms with Crippen molar-refractivity contribution in [3.63, 3.8) is 0 Å². The summed E-state index contributed by atoms with van der Waals surface area (Å²) in [6.45, 7) is 1.41. The second-order valence-corrected chi connectivity index (χ2v) is 11.0. The standard InChI is InChI=1S/C27H30BrN3O5S/c1-4-25(27(33)29-2)30(18-20-9-8-10-23(17-20)36-3)26(32)19-31(22-15-13-21(28)14-16-22)37(34,35)24-11-6-5-7-12-24/h5-17,25H,4,18-19H2,1-3H3,(H,29,33). The van der Waals surface area contributed by atoms with Crippen LogP contribution >= 0.6 is 15.9 Å². The van der Waals surface area contributed by atoms with E-state index in [1.54, 1.807) is 74.7 Å². The van der Waals surface area contributed by atoms with Gasteiger partial charge >= 0.3 is 0 Å². The number of hydrogen-bond acceptors (Lipinski definition) is 5. The molecule has 3 rings (SSSR count). The largest absolute Gasteiger partial charge is 0.497 e. The van der Waals surface area contributed by atoms with E-state index in [1.165, 1.54) is 24.1 Å². The van der Waals surface area contributed by atoms with E-state index in [4.69, 9.17) is 4.74 Å². The molecule has 1 atom stereocenters. The van der Waals surface area contributed by atoms with Crippen molar-refractivity contribution < 1.29 is 22.7 Å². The summed E-state index contributed by atoms with van der Waals surface area (Å²) in [5, 5.41) is 2.61. The number of hydrogen-bond donors (Lipinski definition) is 1. The zero-order valence-electron chi connectivity index (χ0n) is 20.9. The second-order valence-electron chi connectivity index (χ2n) is 8.21. The molecule has 8 nitrogen and oxygen atoms in total. The van der Waals surface area contributed by atoms with Crippen LogP contribution in [0.15, 0.2) is 88.2 Å². The van der Waals surface area contributed by atoms with Crippen LogP contribution < -0.4 is 14.4 Å². The van der Waals surface area contributed by atoms with Crippen LogP contribution in [0.25, 0.3) is 0 Å². The molecule has 0 aliphatic heterocycles. The average molecular weight is 589 g/mol. The third-order valence-corrected chi connectivity index (χ3v) is 8.16. The van der Waals surface area contributed by atoms with Gasteiger partial charge in [-0.05, 0) is 60.5 Å². The Morgan fingerprint density at radius 1 is 1.00 bits per heavy atom. The molecular weight excluding hydrogens is 558 g/mol. The maximum atomic E-state index is 13.9. The van der Waals surface area contributed by atoms with Crippen LogP contribution in [0.3, 0.4) is 0 Å². The monoisotopic (exact) mass is 587 g/mol. The first kappa shape index (κ1) is 28.2. The lowest BCUT2D eigenvalue weighted by Crippen LogP contribution is -2.51. The summed E-state index contributed by atoms with van der Waals surface area (Å²) in [6.07, 6.45) is 0.346. The number of nitrogens with zero attached hydrogens (tertiary/aromatic N) is 2. The predicted molar refractivity (Wildman–Crippen MR) is 147 cm³/mol. The predicted octanol–water partition coefficient (Wildman–Crippen LogP) is 4.21. The molecule has 0 bridgehead atoms. The molecule has 3 aromatic carbocycles. The Hall–Kier alpha value is -3.37. The number of benzene rings is 3. The molecule has 0 saturated carbocycles. The minimum absolute atomic E-state index is 0.0587. The Morgan fingerprint density at radius 3 is 2.27 bits per heavy atom. The minimum Gasteiger partial charge on any atom is -0.497 e. The number of methoxy groups -OCH3 is 1. The molecule has 0 aliphatic rings. The highest BCUT2D eigenvalue weighted by Crippen LogP contribution is 2.26. The molecular formula is C27H30BrN3O5S. The highest BCUT2D eigenvalue weighted by Gasteiger charge is 2.33. The Balaban J connectivity index is 2.04. The van der Waals surface area contributed by atoms with E-state index >= 15 is 0 Å². The first-order valence-corrected chi connectivity index (χ1v) is 13.9. The van der Waals surface area contributed by atoms with Crippen LogP contribution in [0.2, 0.25) is 0 Å². The van der Waals surface area contributed by atoms with Crippen molar-refractivity contribution >= 4 is 43.5 Å². The molecule has 196 valence electrons. The Morgan fingerprint density at radius 2 is 1.68 bits per heavy atom. The molecule has 3 aromatic rings. The Labute approximate surface area is 226 Å². The SMILES string of the molecule is CCC(C(=O)NC)N(Cc1cccc(OC)c1)C(=O)CN(c1ccc(Br)cc1)S(=O)(=O)c1ccccc1. The van der Waals surface area contributed by atoms with E-state index < -0.39 is 28.5 Å². The summed E-state index contributed by atoms with van der Waals surface area (Å²) < 4.78 is 34.5. The lowest BCUT2D eigenvalue weighted by atomic mass is 10.1. The van der Waals surface area contributed by atoms with Gasteiger partial charge in [-0.2, -0.15) is 0 Å². The molecule has 10 heteroatoms. The molecule has 1 unspecified atom stereocenters. The summed E-state index contributed by atoms with van der Waals surface area (Å²) in [4.78, 5) is 28.1. The van der Waals surface area contributed by atoms with Gasteiger partial charge in [0.05, 0.1) is 17.7 Å². The third-order valence-electron chi connectivity index (χ3n) is 5.84. The number of anilines is 1. The van der Waals surface area contributed by atoms with Crippen LogP contribution in [0, 0.1) is 0 Å². The molecule has 2 amide bonds. The number of amides is 2. The number of halogens is 1. The van der Waals surface area contributed by atoms with Gasteiger partial charge in [0.2, 0.25) is 11.8 Å². The fourth-order valence-corrected chi connectivity index (χ4v) is 5.61. The molecule has 0 saturated heterocycles. The minimum atomic E-state index is -4.09. The van der Waals surface area contributed by atoms with E-state index in [-0.39, 0.29) is 17.3 Å². The van der Waals surface area contributed by atoms with Gasteiger partial charge in [-0.15, -0.1) is 0 Å². The Kier molecular flexibility index (Phi) is 9.71. The van der Waals surface area contributed by atoms with Gasteiger partial charge in [0, 0.05) is 18.1 Å². The molecule has 1 N–H and O–H groups in total. The summed E-state index contributed by atoms with van der Waals surface area (Å²) in [5.74, 6) is -0.235. The molecule has 0 heterocycles. The number of ether oxygens (including phenoxy) is 1. The van der Waals surface area contributed by atoms with Crippen molar-refractivity contribution in [3.8, 4) is 5.75 Å². The van der Waals surface area contributed by atoms with Gasteiger partial charge in [0.1, 0.15) is 18.3 Å². The van der Waals surface area contributed by atoms with Crippen molar-refractivity contribution in [2.24, 2.45) is 0 Å². The van der Waals surface area contributed by atoms with Crippen molar-refractivity contribution in [3.05, 3.63) is 88.9 Å². The molecule has 0 radical (unpaired) electrons. The van der Waals surface area contributed by atoms with Crippen LogP contribution in [0.1, 0.15) is 18.9 Å². The first-order chi connectivity index (χ1) is 17.7. The molecule has 0 spiro atoms. The maximum Gasteiger partial charge on any atom is 0.264 e. The van der Waals surface area contributed by atoms with Gasteiger partial charge in [-0.25, -0.2) is 8.42 Å². The molecule has 0 aliphatic carbocycles. The highest BCUT2D eigenvalue weighted by molar-refractivity contribution is 9.10. The van der Waals surface area contributed by atoms with Crippen LogP contribution in [-0.2, 0) is 26.2 Å². The Bertz CT molecular complexity index is 1320. The lowest BCUT2D eigenvalue weighted by Gasteiger charge is -2.33. The van der Waals surface area contributed by atoms with E-state index in [2.05, 4.69) is 21.2 Å². The van der Waals surface area contributed by atoms with Crippen LogP contribution in [-0.4, -0.2) is 51.9 Å². The van der Waals surface area contributed by atoms with Crippen LogP contribution in [0.4, 0.5) is 5.69 Å². The van der Waals surface area contributed by atoms with Gasteiger partial charge < -0.3 is 15.0 Å². The molecule has 0 aromatic heterocycles.